The van der Waals surface area contributed by atoms with Crippen LogP contribution < -0.4 is 5.32 Å². The fraction of sp³-hybridized carbons (Fsp3) is 0.786. The van der Waals surface area contributed by atoms with E-state index in [-0.39, 0.29) is 0 Å². The minimum atomic E-state index is 0.746. The Balaban J connectivity index is 1.68. The van der Waals surface area contributed by atoms with Gasteiger partial charge in [0.15, 0.2) is 0 Å². The van der Waals surface area contributed by atoms with Crippen molar-refractivity contribution in [1.82, 2.24) is 14.9 Å². The van der Waals surface area contributed by atoms with Gasteiger partial charge < -0.3 is 9.88 Å². The highest BCUT2D eigenvalue weighted by Gasteiger charge is 2.10. The largest absolute Gasteiger partial charge is 0.338 e. The minimum Gasteiger partial charge on any atom is -0.338 e. The Morgan fingerprint density at radius 2 is 1.94 bits per heavy atom. The van der Waals surface area contributed by atoms with Crippen molar-refractivity contribution >= 4 is 0 Å². The van der Waals surface area contributed by atoms with Crippen LogP contribution in [0.4, 0.5) is 0 Å². The van der Waals surface area contributed by atoms with Gasteiger partial charge >= 0.3 is 0 Å². The highest BCUT2D eigenvalue weighted by molar-refractivity contribution is 4.91. The van der Waals surface area contributed by atoms with Gasteiger partial charge in [0.2, 0.25) is 0 Å². The number of nitrogens with zero attached hydrogens (tertiary/aromatic N) is 2. The van der Waals surface area contributed by atoms with Gasteiger partial charge in [-0.2, -0.15) is 0 Å². The van der Waals surface area contributed by atoms with E-state index in [1.165, 1.54) is 50.8 Å². The summed E-state index contributed by atoms with van der Waals surface area (Å²) in [7, 11) is 2.07. The van der Waals surface area contributed by atoms with E-state index in [0.29, 0.717) is 0 Å². The van der Waals surface area contributed by atoms with Crippen molar-refractivity contribution in [2.75, 3.05) is 6.54 Å². The Hall–Kier alpha value is -0.830. The van der Waals surface area contributed by atoms with Crippen LogP contribution in [0.1, 0.15) is 50.8 Å². The zero-order valence-corrected chi connectivity index (χ0v) is 11.0. The molecule has 1 aliphatic carbocycles. The summed E-state index contributed by atoms with van der Waals surface area (Å²) in [5.74, 6) is 1.18. The zero-order chi connectivity index (χ0) is 11.9. The third-order valence-electron chi connectivity index (χ3n) is 3.81. The van der Waals surface area contributed by atoms with Gasteiger partial charge in [0, 0.05) is 38.4 Å². The second kappa shape index (κ2) is 6.80. The molecule has 3 heteroatoms. The summed E-state index contributed by atoms with van der Waals surface area (Å²) in [6.07, 6.45) is 14.8. The molecule has 0 aromatic carbocycles. The predicted octanol–water partition coefficient (Wildman–Crippen LogP) is 2.67. The van der Waals surface area contributed by atoms with Gasteiger partial charge in [-0.3, -0.25) is 0 Å². The molecule has 1 heterocycles. The van der Waals surface area contributed by atoms with Crippen LogP contribution >= 0.6 is 0 Å². The number of imidazole rings is 1. The van der Waals surface area contributed by atoms with Crippen LogP contribution in [0, 0.1) is 0 Å². The summed E-state index contributed by atoms with van der Waals surface area (Å²) < 4.78 is 2.11. The molecule has 1 aromatic heterocycles. The maximum atomic E-state index is 4.35. The second-order valence-electron chi connectivity index (χ2n) is 5.20. The van der Waals surface area contributed by atoms with Gasteiger partial charge in [0.1, 0.15) is 5.82 Å². The molecule has 0 aliphatic heterocycles. The van der Waals surface area contributed by atoms with E-state index in [0.717, 1.165) is 19.0 Å². The molecule has 1 aromatic rings. The molecule has 1 N–H and O–H groups in total. The Labute approximate surface area is 105 Å². The van der Waals surface area contributed by atoms with Crippen LogP contribution in [0.3, 0.4) is 0 Å². The number of aromatic nitrogens is 2. The summed E-state index contributed by atoms with van der Waals surface area (Å²) in [6, 6.07) is 0.746. The summed E-state index contributed by atoms with van der Waals surface area (Å²) in [5, 5.41) is 3.70. The van der Waals surface area contributed by atoms with Gasteiger partial charge in [-0.25, -0.2) is 4.98 Å². The molecular weight excluding hydrogens is 210 g/mol. The van der Waals surface area contributed by atoms with E-state index in [9.17, 15) is 0 Å². The van der Waals surface area contributed by atoms with Gasteiger partial charge in [0.25, 0.3) is 0 Å². The average molecular weight is 235 g/mol. The molecule has 3 nitrogen and oxygen atoms in total. The van der Waals surface area contributed by atoms with E-state index in [4.69, 9.17) is 0 Å². The molecule has 17 heavy (non-hydrogen) atoms. The number of rotatable bonds is 4. The molecule has 0 atom stereocenters. The van der Waals surface area contributed by atoms with Crippen LogP contribution in [0.25, 0.3) is 0 Å². The first-order chi connectivity index (χ1) is 8.36. The first kappa shape index (κ1) is 12.6. The van der Waals surface area contributed by atoms with Gasteiger partial charge in [-0.15, -0.1) is 0 Å². The number of hydrogen-bond acceptors (Lipinski definition) is 2. The summed E-state index contributed by atoms with van der Waals surface area (Å²) in [5.41, 5.74) is 0. The normalized spacial score (nSPS) is 18.9. The SMILES string of the molecule is Cn1ccnc1CCNC1CCCCCCC1. The third-order valence-corrected chi connectivity index (χ3v) is 3.81. The lowest BCUT2D eigenvalue weighted by atomic mass is 9.97. The standard InChI is InChI=1S/C14H25N3/c1-17-12-11-16-14(17)9-10-15-13-7-5-3-2-4-6-8-13/h11-13,15H,2-10H2,1H3. The van der Waals surface area contributed by atoms with Crippen molar-refractivity contribution in [1.29, 1.82) is 0 Å². The zero-order valence-electron chi connectivity index (χ0n) is 11.0. The molecule has 0 bridgehead atoms. The summed E-state index contributed by atoms with van der Waals surface area (Å²) in [4.78, 5) is 4.35. The van der Waals surface area contributed by atoms with Crippen molar-refractivity contribution in [2.45, 2.75) is 57.4 Å². The van der Waals surface area contributed by atoms with E-state index < -0.39 is 0 Å². The highest BCUT2D eigenvalue weighted by atomic mass is 15.0. The van der Waals surface area contributed by atoms with E-state index in [1.807, 2.05) is 12.4 Å². The molecule has 1 aliphatic rings. The topological polar surface area (TPSA) is 29.9 Å². The molecule has 0 radical (unpaired) electrons. The number of aryl methyl sites for hydroxylation is 1. The molecule has 96 valence electrons. The van der Waals surface area contributed by atoms with Crippen LogP contribution in [0.15, 0.2) is 12.4 Å². The molecule has 1 saturated carbocycles. The van der Waals surface area contributed by atoms with Gasteiger partial charge in [0.05, 0.1) is 0 Å². The fourth-order valence-electron chi connectivity index (χ4n) is 2.69. The lowest BCUT2D eigenvalue weighted by Crippen LogP contribution is -2.31. The molecule has 1 fully saturated rings. The first-order valence-electron chi connectivity index (χ1n) is 7.06. The Morgan fingerprint density at radius 1 is 1.24 bits per heavy atom. The molecule has 0 saturated heterocycles. The van der Waals surface area contributed by atoms with Crippen LogP contribution in [0.2, 0.25) is 0 Å². The fourth-order valence-corrected chi connectivity index (χ4v) is 2.69. The molecule has 0 spiro atoms. The average Bonchev–Trinajstić information content (AvgIpc) is 2.67. The van der Waals surface area contributed by atoms with Crippen molar-refractivity contribution < 1.29 is 0 Å². The molecule has 0 amide bonds. The van der Waals surface area contributed by atoms with Crippen molar-refractivity contribution in [3.05, 3.63) is 18.2 Å². The quantitative estimate of drug-likeness (QED) is 0.869. The van der Waals surface area contributed by atoms with Gasteiger partial charge in [-0.05, 0) is 12.8 Å². The molecule has 2 rings (SSSR count). The lowest BCUT2D eigenvalue weighted by molar-refractivity contribution is 0.390. The van der Waals surface area contributed by atoms with Crippen LogP contribution in [-0.4, -0.2) is 22.1 Å². The van der Waals surface area contributed by atoms with Crippen LogP contribution in [-0.2, 0) is 13.5 Å². The van der Waals surface area contributed by atoms with Gasteiger partial charge in [-0.1, -0.05) is 32.1 Å². The molecule has 0 unspecified atom stereocenters. The maximum absolute atomic E-state index is 4.35. The third kappa shape index (κ3) is 4.15. The molecular formula is C14H25N3. The number of hydrogen-bond donors (Lipinski definition) is 1. The number of nitrogens with one attached hydrogen (secondary N) is 1. The Kier molecular flexibility index (Phi) is 5.05. The van der Waals surface area contributed by atoms with Crippen molar-refractivity contribution in [3.63, 3.8) is 0 Å². The van der Waals surface area contributed by atoms with E-state index in [1.54, 1.807) is 0 Å². The second-order valence-corrected chi connectivity index (χ2v) is 5.20. The van der Waals surface area contributed by atoms with Crippen LogP contribution in [0.5, 0.6) is 0 Å². The Morgan fingerprint density at radius 3 is 2.59 bits per heavy atom. The van der Waals surface area contributed by atoms with E-state index >= 15 is 0 Å². The first-order valence-corrected chi connectivity index (χ1v) is 7.06. The predicted molar refractivity (Wildman–Crippen MR) is 71.0 cm³/mol. The van der Waals surface area contributed by atoms with E-state index in [2.05, 4.69) is 21.9 Å². The Bertz CT molecular complexity index is 311. The summed E-state index contributed by atoms with van der Waals surface area (Å²) >= 11 is 0. The monoisotopic (exact) mass is 235 g/mol. The smallest absolute Gasteiger partial charge is 0.109 e. The summed E-state index contributed by atoms with van der Waals surface area (Å²) in [6.45, 7) is 1.06. The van der Waals surface area contributed by atoms with Crippen molar-refractivity contribution in [2.24, 2.45) is 7.05 Å². The minimum absolute atomic E-state index is 0.746. The van der Waals surface area contributed by atoms with Crippen molar-refractivity contribution in [3.8, 4) is 0 Å². The maximum Gasteiger partial charge on any atom is 0.109 e. The lowest BCUT2D eigenvalue weighted by Gasteiger charge is -2.20. The highest BCUT2D eigenvalue weighted by Crippen LogP contribution is 2.16.